The molecule has 222 valence electrons. The molecule has 0 saturated carbocycles. The third-order valence-corrected chi connectivity index (χ3v) is 7.16. The SMILES string of the molecule is O=C1C(=O)N(CC(C(=O)O)N(Cc2ccc(-c3ccncc3)cc2)C(=O)C=Cc2ccc(C(F)(F)F)cc2)c2ccccc21. The number of rotatable bonds is 9. The Bertz CT molecular complexity index is 1740. The lowest BCUT2D eigenvalue weighted by molar-refractivity contribution is -0.148. The number of para-hydroxylation sites is 1. The van der Waals surface area contributed by atoms with Crippen LogP contribution in [0.5, 0.6) is 0 Å². The second kappa shape index (κ2) is 12.3. The van der Waals surface area contributed by atoms with Crippen LogP contribution in [0, 0.1) is 0 Å². The molecule has 44 heavy (non-hydrogen) atoms. The highest BCUT2D eigenvalue weighted by atomic mass is 19.4. The summed E-state index contributed by atoms with van der Waals surface area (Å²) in [5.41, 5.74) is 2.15. The molecule has 1 atom stereocenters. The second-order valence-corrected chi connectivity index (χ2v) is 9.97. The number of amides is 2. The van der Waals surface area contributed by atoms with Crippen LogP contribution in [-0.4, -0.2) is 51.1 Å². The number of carbonyl (C=O) groups is 4. The second-order valence-electron chi connectivity index (χ2n) is 9.97. The van der Waals surface area contributed by atoms with E-state index in [-0.39, 0.29) is 23.4 Å². The first kappa shape index (κ1) is 29.9. The summed E-state index contributed by atoms with van der Waals surface area (Å²) in [7, 11) is 0. The van der Waals surface area contributed by atoms with Crippen molar-refractivity contribution < 1.29 is 37.5 Å². The maximum Gasteiger partial charge on any atom is 0.416 e. The first-order valence-electron chi connectivity index (χ1n) is 13.4. The van der Waals surface area contributed by atoms with Gasteiger partial charge in [0.2, 0.25) is 5.91 Å². The van der Waals surface area contributed by atoms with Gasteiger partial charge >= 0.3 is 12.1 Å². The molecule has 0 spiro atoms. The molecule has 1 N–H and O–H groups in total. The molecule has 1 aliphatic rings. The smallest absolute Gasteiger partial charge is 0.416 e. The molecule has 1 aliphatic heterocycles. The van der Waals surface area contributed by atoms with Crippen molar-refractivity contribution in [2.24, 2.45) is 0 Å². The number of hydrogen-bond acceptors (Lipinski definition) is 5. The summed E-state index contributed by atoms with van der Waals surface area (Å²) in [4.78, 5) is 57.6. The van der Waals surface area contributed by atoms with Gasteiger partial charge in [-0.1, -0.05) is 48.5 Å². The Morgan fingerprint density at radius 1 is 0.886 bits per heavy atom. The molecule has 5 rings (SSSR count). The summed E-state index contributed by atoms with van der Waals surface area (Å²) in [6.07, 6.45) is 1.11. The highest BCUT2D eigenvalue weighted by Crippen LogP contribution is 2.31. The molecule has 1 aromatic heterocycles. The number of nitrogens with zero attached hydrogens (tertiary/aromatic N) is 3. The molecular formula is C33H24F3N3O5. The predicted octanol–water partition coefficient (Wildman–Crippen LogP) is 5.49. The largest absolute Gasteiger partial charge is 0.480 e. The van der Waals surface area contributed by atoms with Crippen molar-refractivity contribution in [1.82, 2.24) is 9.88 Å². The fourth-order valence-electron chi connectivity index (χ4n) is 4.84. The van der Waals surface area contributed by atoms with Gasteiger partial charge < -0.3 is 14.9 Å². The van der Waals surface area contributed by atoms with Crippen LogP contribution in [0.4, 0.5) is 18.9 Å². The standard InChI is InChI=1S/C33H24F3N3O5/c34-33(35,36)25-12-7-21(8-13-25)9-14-29(40)38(19-22-5-10-23(11-6-22)24-15-17-37-18-16-24)28(32(43)44)20-39-27-4-2-1-3-26(27)30(41)31(39)42/h1-18,28H,19-20H2,(H,43,44). The van der Waals surface area contributed by atoms with E-state index in [0.29, 0.717) is 5.56 Å². The molecule has 1 unspecified atom stereocenters. The predicted molar refractivity (Wildman–Crippen MR) is 155 cm³/mol. The molecule has 11 heteroatoms. The summed E-state index contributed by atoms with van der Waals surface area (Å²) in [5.74, 6) is -3.87. The van der Waals surface area contributed by atoms with E-state index in [1.54, 1.807) is 48.8 Å². The van der Waals surface area contributed by atoms with E-state index in [2.05, 4.69) is 4.98 Å². The minimum atomic E-state index is -4.52. The molecular weight excluding hydrogens is 575 g/mol. The molecule has 0 radical (unpaired) electrons. The Kier molecular flexibility index (Phi) is 8.38. The third kappa shape index (κ3) is 6.41. The quantitative estimate of drug-likeness (QED) is 0.201. The van der Waals surface area contributed by atoms with Crippen LogP contribution >= 0.6 is 0 Å². The van der Waals surface area contributed by atoms with E-state index < -0.39 is 47.9 Å². The minimum absolute atomic E-state index is 0.133. The van der Waals surface area contributed by atoms with Gasteiger partial charge in [0.05, 0.1) is 23.4 Å². The molecule has 2 amide bonds. The summed E-state index contributed by atoms with van der Waals surface area (Å²) in [6.45, 7) is -0.687. The zero-order valence-corrected chi connectivity index (χ0v) is 22.9. The van der Waals surface area contributed by atoms with E-state index in [1.807, 2.05) is 12.1 Å². The van der Waals surface area contributed by atoms with Crippen LogP contribution in [-0.2, 0) is 27.1 Å². The van der Waals surface area contributed by atoms with Crippen molar-refractivity contribution in [3.63, 3.8) is 0 Å². The number of Topliss-reactive ketones (excluding diaryl/α,β-unsaturated/α-hetero) is 1. The van der Waals surface area contributed by atoms with Crippen molar-refractivity contribution in [2.75, 3.05) is 11.4 Å². The van der Waals surface area contributed by atoms with Crippen molar-refractivity contribution in [3.05, 3.63) is 126 Å². The van der Waals surface area contributed by atoms with Gasteiger partial charge in [-0.25, -0.2) is 4.79 Å². The number of aliphatic carboxylic acids is 1. The first-order chi connectivity index (χ1) is 21.0. The van der Waals surface area contributed by atoms with Gasteiger partial charge in [-0.05, 0) is 64.7 Å². The Hall–Kier alpha value is -5.58. The van der Waals surface area contributed by atoms with Crippen molar-refractivity contribution >= 4 is 35.3 Å². The number of carboxylic acids is 1. The lowest BCUT2D eigenvalue weighted by Gasteiger charge is -2.31. The molecule has 8 nitrogen and oxygen atoms in total. The average molecular weight is 600 g/mol. The zero-order valence-electron chi connectivity index (χ0n) is 22.9. The van der Waals surface area contributed by atoms with Gasteiger partial charge in [-0.2, -0.15) is 13.2 Å². The monoisotopic (exact) mass is 599 g/mol. The molecule has 0 fully saturated rings. The number of carbonyl (C=O) groups excluding carboxylic acids is 3. The van der Waals surface area contributed by atoms with Crippen molar-refractivity contribution in [1.29, 1.82) is 0 Å². The normalized spacial score (nSPS) is 13.7. The molecule has 4 aromatic rings. The minimum Gasteiger partial charge on any atom is -0.480 e. The van der Waals surface area contributed by atoms with Crippen molar-refractivity contribution in [3.8, 4) is 11.1 Å². The summed E-state index contributed by atoms with van der Waals surface area (Å²) in [5, 5.41) is 10.3. The number of hydrogen-bond donors (Lipinski definition) is 1. The zero-order chi connectivity index (χ0) is 31.4. The van der Waals surface area contributed by atoms with Gasteiger partial charge in [0.15, 0.2) is 0 Å². The van der Waals surface area contributed by atoms with E-state index >= 15 is 0 Å². The Morgan fingerprint density at radius 2 is 1.52 bits per heavy atom. The number of pyridine rings is 1. The van der Waals surface area contributed by atoms with Crippen molar-refractivity contribution in [2.45, 2.75) is 18.8 Å². The lowest BCUT2D eigenvalue weighted by atomic mass is 10.0. The first-order valence-corrected chi connectivity index (χ1v) is 13.4. The maximum atomic E-state index is 13.6. The number of ketones is 1. The Balaban J connectivity index is 1.45. The Morgan fingerprint density at radius 3 is 2.16 bits per heavy atom. The van der Waals surface area contributed by atoms with E-state index in [4.69, 9.17) is 0 Å². The highest BCUT2D eigenvalue weighted by molar-refractivity contribution is 6.52. The number of benzene rings is 3. The summed E-state index contributed by atoms with van der Waals surface area (Å²) < 4.78 is 38.9. The van der Waals surface area contributed by atoms with Crippen LogP contribution in [0.1, 0.15) is 27.0 Å². The number of halogens is 3. The molecule has 2 heterocycles. The number of fused-ring (bicyclic) bond motifs is 1. The average Bonchev–Trinajstić information content (AvgIpc) is 3.26. The number of aromatic nitrogens is 1. The highest BCUT2D eigenvalue weighted by Gasteiger charge is 2.40. The molecule has 3 aromatic carbocycles. The van der Waals surface area contributed by atoms with Gasteiger partial charge in [-0.3, -0.25) is 19.4 Å². The molecule has 0 aliphatic carbocycles. The number of anilines is 1. The fourth-order valence-corrected chi connectivity index (χ4v) is 4.84. The fraction of sp³-hybridized carbons (Fsp3) is 0.121. The molecule has 0 bridgehead atoms. The van der Waals surface area contributed by atoms with E-state index in [9.17, 15) is 37.5 Å². The van der Waals surface area contributed by atoms with Gasteiger partial charge in [-0.15, -0.1) is 0 Å². The lowest BCUT2D eigenvalue weighted by Crippen LogP contribution is -2.51. The molecule has 0 saturated heterocycles. The van der Waals surface area contributed by atoms with Crippen LogP contribution in [0.2, 0.25) is 0 Å². The summed E-state index contributed by atoms with van der Waals surface area (Å²) >= 11 is 0. The van der Waals surface area contributed by atoms with Gasteiger partial charge in [0.1, 0.15) is 6.04 Å². The van der Waals surface area contributed by atoms with Crippen LogP contribution in [0.15, 0.2) is 103 Å². The number of alkyl halides is 3. The third-order valence-electron chi connectivity index (χ3n) is 7.16. The van der Waals surface area contributed by atoms with Crippen LogP contribution < -0.4 is 4.90 Å². The van der Waals surface area contributed by atoms with Gasteiger partial charge in [0.25, 0.3) is 11.7 Å². The van der Waals surface area contributed by atoms with E-state index in [1.165, 1.54) is 30.3 Å². The number of carboxylic acid groups (broad SMARTS) is 1. The van der Waals surface area contributed by atoms with E-state index in [0.717, 1.165) is 39.1 Å². The topological polar surface area (TPSA) is 108 Å². The maximum absolute atomic E-state index is 13.6. The van der Waals surface area contributed by atoms with Crippen LogP contribution in [0.3, 0.4) is 0 Å². The Labute approximate surface area is 249 Å². The van der Waals surface area contributed by atoms with Crippen LogP contribution in [0.25, 0.3) is 17.2 Å². The van der Waals surface area contributed by atoms with Gasteiger partial charge in [0, 0.05) is 25.0 Å². The summed E-state index contributed by atoms with van der Waals surface area (Å²) in [6, 6.07) is 19.4.